The van der Waals surface area contributed by atoms with Gasteiger partial charge in [0.2, 0.25) is 0 Å². The lowest BCUT2D eigenvalue weighted by molar-refractivity contribution is 0.325. The van der Waals surface area contributed by atoms with Crippen molar-refractivity contribution >= 4 is 5.69 Å². The Morgan fingerprint density at radius 2 is 1.64 bits per heavy atom. The standard InChI is InChI=1S/C20H26N2/c1-2-17-13-19(21-14-18-9-5-3-6-10-18)16-22(15-17)20-11-7-4-8-12-20/h3-12,17,19,21H,2,13-16H2,1H3. The van der Waals surface area contributed by atoms with Crippen molar-refractivity contribution in [1.29, 1.82) is 0 Å². The summed E-state index contributed by atoms with van der Waals surface area (Å²) in [5, 5.41) is 3.76. The summed E-state index contributed by atoms with van der Waals surface area (Å²) in [7, 11) is 0. The van der Waals surface area contributed by atoms with Crippen LogP contribution < -0.4 is 10.2 Å². The average Bonchev–Trinajstić information content (AvgIpc) is 2.61. The smallest absolute Gasteiger partial charge is 0.0366 e. The van der Waals surface area contributed by atoms with Crippen molar-refractivity contribution in [2.45, 2.75) is 32.4 Å². The zero-order chi connectivity index (χ0) is 15.2. The van der Waals surface area contributed by atoms with E-state index in [2.05, 4.69) is 77.8 Å². The lowest BCUT2D eigenvalue weighted by atomic mass is 9.91. The average molecular weight is 294 g/mol. The number of rotatable bonds is 5. The molecule has 2 aromatic carbocycles. The van der Waals surface area contributed by atoms with Crippen molar-refractivity contribution in [2.24, 2.45) is 5.92 Å². The molecular formula is C20H26N2. The molecule has 1 aliphatic heterocycles. The Kier molecular flexibility index (Phi) is 5.12. The van der Waals surface area contributed by atoms with E-state index in [-0.39, 0.29) is 0 Å². The second-order valence-electron chi connectivity index (χ2n) is 6.31. The van der Waals surface area contributed by atoms with Gasteiger partial charge in [0.05, 0.1) is 0 Å². The molecule has 2 nitrogen and oxygen atoms in total. The number of nitrogens with one attached hydrogen (secondary N) is 1. The molecule has 2 heteroatoms. The van der Waals surface area contributed by atoms with E-state index in [0.717, 1.165) is 19.0 Å². The Morgan fingerprint density at radius 3 is 2.32 bits per heavy atom. The highest BCUT2D eigenvalue weighted by Gasteiger charge is 2.26. The third-order valence-corrected chi connectivity index (χ3v) is 4.67. The fourth-order valence-electron chi connectivity index (χ4n) is 3.36. The molecule has 0 bridgehead atoms. The van der Waals surface area contributed by atoms with Crippen LogP contribution in [0.2, 0.25) is 0 Å². The highest BCUT2D eigenvalue weighted by atomic mass is 15.2. The lowest BCUT2D eigenvalue weighted by Gasteiger charge is -2.39. The van der Waals surface area contributed by atoms with E-state index in [9.17, 15) is 0 Å². The summed E-state index contributed by atoms with van der Waals surface area (Å²) in [6.45, 7) is 5.56. The van der Waals surface area contributed by atoms with Gasteiger partial charge in [-0.2, -0.15) is 0 Å². The molecule has 1 aliphatic rings. The van der Waals surface area contributed by atoms with E-state index < -0.39 is 0 Å². The highest BCUT2D eigenvalue weighted by Crippen LogP contribution is 2.25. The van der Waals surface area contributed by atoms with Gasteiger partial charge in [0.25, 0.3) is 0 Å². The number of para-hydroxylation sites is 1. The van der Waals surface area contributed by atoms with E-state index >= 15 is 0 Å². The predicted molar refractivity (Wildman–Crippen MR) is 94.1 cm³/mol. The monoisotopic (exact) mass is 294 g/mol. The molecule has 2 aromatic rings. The van der Waals surface area contributed by atoms with Crippen LogP contribution in [0.5, 0.6) is 0 Å². The summed E-state index contributed by atoms with van der Waals surface area (Å²) < 4.78 is 0. The van der Waals surface area contributed by atoms with Crippen molar-refractivity contribution < 1.29 is 0 Å². The fourth-order valence-corrected chi connectivity index (χ4v) is 3.36. The molecule has 2 unspecified atom stereocenters. The van der Waals surface area contributed by atoms with Gasteiger partial charge in [-0.15, -0.1) is 0 Å². The predicted octanol–water partition coefficient (Wildman–Crippen LogP) is 4.08. The number of anilines is 1. The summed E-state index contributed by atoms with van der Waals surface area (Å²) >= 11 is 0. The topological polar surface area (TPSA) is 15.3 Å². The van der Waals surface area contributed by atoms with Gasteiger partial charge < -0.3 is 10.2 Å². The summed E-state index contributed by atoms with van der Waals surface area (Å²) in [4.78, 5) is 2.54. The molecule has 0 aliphatic carbocycles. The maximum Gasteiger partial charge on any atom is 0.0366 e. The van der Waals surface area contributed by atoms with Gasteiger partial charge >= 0.3 is 0 Å². The molecule has 0 amide bonds. The first kappa shape index (κ1) is 15.1. The van der Waals surface area contributed by atoms with E-state index in [1.54, 1.807) is 0 Å². The first-order chi connectivity index (χ1) is 10.8. The minimum atomic E-state index is 0.569. The molecule has 3 rings (SSSR count). The van der Waals surface area contributed by atoms with Crippen molar-refractivity contribution in [3.8, 4) is 0 Å². The van der Waals surface area contributed by atoms with E-state index in [0.29, 0.717) is 6.04 Å². The normalized spacial score (nSPS) is 21.8. The molecule has 1 fully saturated rings. The lowest BCUT2D eigenvalue weighted by Crippen LogP contribution is -2.49. The van der Waals surface area contributed by atoms with Gasteiger partial charge in [-0.25, -0.2) is 0 Å². The summed E-state index contributed by atoms with van der Waals surface area (Å²) in [5.41, 5.74) is 2.72. The molecule has 1 N–H and O–H groups in total. The second-order valence-corrected chi connectivity index (χ2v) is 6.31. The zero-order valence-electron chi connectivity index (χ0n) is 13.4. The van der Waals surface area contributed by atoms with Crippen molar-refractivity contribution in [2.75, 3.05) is 18.0 Å². The fraction of sp³-hybridized carbons (Fsp3) is 0.400. The molecule has 1 saturated heterocycles. The quantitative estimate of drug-likeness (QED) is 0.894. The molecule has 22 heavy (non-hydrogen) atoms. The third kappa shape index (κ3) is 3.89. The maximum absolute atomic E-state index is 3.76. The van der Waals surface area contributed by atoms with Crippen LogP contribution in [0.15, 0.2) is 60.7 Å². The Labute approximate surface area is 134 Å². The Morgan fingerprint density at radius 1 is 0.955 bits per heavy atom. The maximum atomic E-state index is 3.76. The van der Waals surface area contributed by atoms with Crippen LogP contribution in [0, 0.1) is 5.92 Å². The molecule has 0 radical (unpaired) electrons. The number of hydrogen-bond acceptors (Lipinski definition) is 2. The van der Waals surface area contributed by atoms with Gasteiger partial charge in [-0.1, -0.05) is 61.9 Å². The summed E-state index contributed by atoms with van der Waals surface area (Å²) in [6, 6.07) is 22.1. The molecule has 116 valence electrons. The van der Waals surface area contributed by atoms with Crippen LogP contribution in [0.1, 0.15) is 25.3 Å². The largest absolute Gasteiger partial charge is 0.370 e. The second kappa shape index (κ2) is 7.46. The first-order valence-electron chi connectivity index (χ1n) is 8.42. The van der Waals surface area contributed by atoms with Gasteiger partial charge in [-0.3, -0.25) is 0 Å². The van der Waals surface area contributed by atoms with Crippen LogP contribution in [0.25, 0.3) is 0 Å². The molecule has 0 saturated carbocycles. The summed E-state index contributed by atoms with van der Waals surface area (Å²) in [5.74, 6) is 0.780. The number of hydrogen-bond donors (Lipinski definition) is 1. The van der Waals surface area contributed by atoms with Crippen molar-refractivity contribution in [3.63, 3.8) is 0 Å². The van der Waals surface area contributed by atoms with Crippen LogP contribution in [0.3, 0.4) is 0 Å². The minimum absolute atomic E-state index is 0.569. The number of piperidine rings is 1. The van der Waals surface area contributed by atoms with Crippen LogP contribution in [0.4, 0.5) is 5.69 Å². The highest BCUT2D eigenvalue weighted by molar-refractivity contribution is 5.46. The van der Waals surface area contributed by atoms with Crippen LogP contribution in [-0.2, 0) is 6.54 Å². The Balaban J connectivity index is 1.63. The first-order valence-corrected chi connectivity index (χ1v) is 8.42. The van der Waals surface area contributed by atoms with Crippen molar-refractivity contribution in [3.05, 3.63) is 66.2 Å². The number of benzene rings is 2. The molecular weight excluding hydrogens is 268 g/mol. The molecule has 2 atom stereocenters. The third-order valence-electron chi connectivity index (χ3n) is 4.67. The SMILES string of the molecule is CCC1CC(NCc2ccccc2)CN(c2ccccc2)C1. The van der Waals surface area contributed by atoms with Gasteiger partial charge in [0, 0.05) is 31.4 Å². The Bertz CT molecular complexity index is 552. The van der Waals surface area contributed by atoms with Crippen molar-refractivity contribution in [1.82, 2.24) is 5.32 Å². The van der Waals surface area contributed by atoms with Gasteiger partial charge in [-0.05, 0) is 30.0 Å². The van der Waals surface area contributed by atoms with E-state index in [1.165, 1.54) is 30.6 Å². The van der Waals surface area contributed by atoms with Gasteiger partial charge in [0.15, 0.2) is 0 Å². The molecule has 0 aromatic heterocycles. The van der Waals surface area contributed by atoms with E-state index in [4.69, 9.17) is 0 Å². The summed E-state index contributed by atoms with van der Waals surface area (Å²) in [6.07, 6.45) is 2.54. The molecule has 0 spiro atoms. The minimum Gasteiger partial charge on any atom is -0.370 e. The van der Waals surface area contributed by atoms with Crippen LogP contribution in [-0.4, -0.2) is 19.1 Å². The number of nitrogens with zero attached hydrogens (tertiary/aromatic N) is 1. The van der Waals surface area contributed by atoms with Crippen LogP contribution >= 0.6 is 0 Å². The molecule has 1 heterocycles. The van der Waals surface area contributed by atoms with E-state index in [1.807, 2.05) is 0 Å². The zero-order valence-corrected chi connectivity index (χ0v) is 13.4. The van der Waals surface area contributed by atoms with Gasteiger partial charge in [0.1, 0.15) is 0 Å². The Hall–Kier alpha value is -1.80.